The summed E-state index contributed by atoms with van der Waals surface area (Å²) in [6.45, 7) is 0. The van der Waals surface area contributed by atoms with Gasteiger partial charge in [-0.05, 0) is 30.7 Å². The van der Waals surface area contributed by atoms with E-state index in [1.807, 2.05) is 0 Å². The number of ether oxygens (including phenoxy) is 1. The van der Waals surface area contributed by atoms with E-state index in [1.165, 1.54) is 25.3 Å². The highest BCUT2D eigenvalue weighted by Gasteiger charge is 2.81. The maximum absolute atomic E-state index is 13.6. The highest BCUT2D eigenvalue weighted by Crippen LogP contribution is 2.60. The first-order valence-electron chi connectivity index (χ1n) is 7.33. The lowest BCUT2D eigenvalue weighted by molar-refractivity contribution is -0.336. The smallest absolute Gasteiger partial charge is 0.421 e. The minimum atomic E-state index is -5.66. The fourth-order valence-electron chi connectivity index (χ4n) is 3.66. The molecule has 0 N–H and O–H groups in total. The molecule has 2 atom stereocenters. The third kappa shape index (κ3) is 2.31. The second kappa shape index (κ2) is 5.40. The van der Waals surface area contributed by atoms with E-state index in [9.17, 15) is 31.1 Å². The predicted octanol–water partition coefficient (Wildman–Crippen LogP) is 3.96. The number of nitrogens with zero attached hydrogens (tertiary/aromatic N) is 1. The molecular weight excluding hydrogens is 352 g/mol. The molecule has 0 unspecified atom stereocenters. The highest BCUT2D eigenvalue weighted by atomic mass is 19.4. The van der Waals surface area contributed by atoms with Crippen LogP contribution in [0.3, 0.4) is 0 Å². The van der Waals surface area contributed by atoms with Crippen LogP contribution >= 0.6 is 0 Å². The molecule has 3 rings (SSSR count). The number of hydrogen-bond donors (Lipinski definition) is 0. The predicted molar refractivity (Wildman–Crippen MR) is 75.0 cm³/mol. The standard InChI is InChI=1S/C16H13F6NO2/c1-25-12-6-2-9(3-7-12)13(24)23-11-5-4-10(8-11)14(23,15(17,18)19)16(20,21)22/h2-7,10-11H,8H2,1H3/t10-,11+/m1/s1. The maximum atomic E-state index is 13.6. The zero-order chi connectivity index (χ0) is 18.6. The molecule has 1 heterocycles. The van der Waals surface area contributed by atoms with Gasteiger partial charge < -0.3 is 9.64 Å². The van der Waals surface area contributed by atoms with Crippen molar-refractivity contribution in [2.24, 2.45) is 5.92 Å². The molecule has 0 saturated carbocycles. The number of carbonyl (C=O) groups excluding carboxylic acids is 1. The number of amides is 1. The van der Waals surface area contributed by atoms with Crippen LogP contribution in [0, 0.1) is 5.92 Å². The van der Waals surface area contributed by atoms with Crippen LogP contribution in [0.4, 0.5) is 26.3 Å². The average molecular weight is 365 g/mol. The molecule has 0 radical (unpaired) electrons. The van der Waals surface area contributed by atoms with Gasteiger partial charge in [0.2, 0.25) is 5.54 Å². The summed E-state index contributed by atoms with van der Waals surface area (Å²) < 4.78 is 86.8. The van der Waals surface area contributed by atoms with Crippen LogP contribution in [0.1, 0.15) is 16.8 Å². The van der Waals surface area contributed by atoms with Crippen LogP contribution in [-0.2, 0) is 0 Å². The molecule has 2 bridgehead atoms. The Labute approximate surface area is 138 Å². The first kappa shape index (κ1) is 17.6. The van der Waals surface area contributed by atoms with Gasteiger partial charge in [-0.3, -0.25) is 4.79 Å². The van der Waals surface area contributed by atoms with Gasteiger partial charge in [-0.25, -0.2) is 0 Å². The van der Waals surface area contributed by atoms with E-state index in [2.05, 4.69) is 0 Å². The second-order valence-corrected chi connectivity index (χ2v) is 5.96. The summed E-state index contributed by atoms with van der Waals surface area (Å²) in [7, 11) is 1.35. The second-order valence-electron chi connectivity index (χ2n) is 5.96. The van der Waals surface area contributed by atoms with Gasteiger partial charge in [-0.15, -0.1) is 0 Å². The topological polar surface area (TPSA) is 29.5 Å². The zero-order valence-electron chi connectivity index (χ0n) is 12.9. The van der Waals surface area contributed by atoms with Crippen molar-refractivity contribution in [3.05, 3.63) is 42.0 Å². The van der Waals surface area contributed by atoms with E-state index in [0.717, 1.165) is 18.2 Å². The van der Waals surface area contributed by atoms with Gasteiger partial charge in [0.1, 0.15) is 5.75 Å². The fraction of sp³-hybridized carbons (Fsp3) is 0.438. The summed E-state index contributed by atoms with van der Waals surface area (Å²) in [6.07, 6.45) is -9.58. The minimum absolute atomic E-state index is 0.0561. The number of likely N-dealkylation sites (tertiary alicyclic amines) is 1. The lowest BCUT2D eigenvalue weighted by Crippen LogP contribution is -2.70. The Hall–Kier alpha value is -2.19. The van der Waals surface area contributed by atoms with Crippen LogP contribution in [0.2, 0.25) is 0 Å². The molecule has 1 saturated heterocycles. The molecule has 9 heteroatoms. The summed E-state index contributed by atoms with van der Waals surface area (Å²) >= 11 is 0. The Balaban J connectivity index is 2.11. The highest BCUT2D eigenvalue weighted by molar-refractivity contribution is 5.96. The van der Waals surface area contributed by atoms with Crippen molar-refractivity contribution in [3.8, 4) is 5.75 Å². The van der Waals surface area contributed by atoms with E-state index in [0.29, 0.717) is 5.75 Å². The van der Waals surface area contributed by atoms with Crippen molar-refractivity contribution in [1.82, 2.24) is 4.90 Å². The van der Waals surface area contributed by atoms with E-state index in [1.54, 1.807) is 0 Å². The molecular formula is C16H13F6NO2. The Bertz CT molecular complexity index is 693. The fourth-order valence-corrected chi connectivity index (χ4v) is 3.66. The first-order valence-corrected chi connectivity index (χ1v) is 7.33. The van der Waals surface area contributed by atoms with E-state index in [4.69, 9.17) is 4.74 Å². The molecule has 2 aliphatic rings. The number of carbonyl (C=O) groups is 1. The van der Waals surface area contributed by atoms with E-state index in [-0.39, 0.29) is 10.5 Å². The summed E-state index contributed by atoms with van der Waals surface area (Å²) in [5, 5.41) is 0. The Morgan fingerprint density at radius 3 is 2.12 bits per heavy atom. The minimum Gasteiger partial charge on any atom is -0.497 e. The molecule has 1 aliphatic carbocycles. The SMILES string of the molecule is COc1ccc(C(=O)N2[C@H]3C=C[C@H](C3)C2(C(F)(F)F)C(F)(F)F)cc1. The summed E-state index contributed by atoms with van der Waals surface area (Å²) in [6, 6.07) is 3.66. The number of fused-ring (bicyclic) bond motifs is 2. The maximum Gasteiger partial charge on any atom is 0.421 e. The number of halogens is 6. The van der Waals surface area contributed by atoms with Crippen LogP contribution in [0.5, 0.6) is 5.75 Å². The van der Waals surface area contributed by atoms with Crippen molar-refractivity contribution >= 4 is 5.91 Å². The Morgan fingerprint density at radius 2 is 1.64 bits per heavy atom. The molecule has 136 valence electrons. The molecule has 1 aromatic carbocycles. The molecule has 0 spiro atoms. The van der Waals surface area contributed by atoms with Crippen molar-refractivity contribution in [2.45, 2.75) is 30.4 Å². The Morgan fingerprint density at radius 1 is 1.08 bits per heavy atom. The Kier molecular flexibility index (Phi) is 3.81. The third-order valence-corrected chi connectivity index (χ3v) is 4.73. The van der Waals surface area contributed by atoms with Crippen LogP contribution < -0.4 is 4.74 Å². The average Bonchev–Trinajstić information content (AvgIpc) is 3.12. The monoisotopic (exact) mass is 365 g/mol. The summed E-state index contributed by atoms with van der Waals surface area (Å²) in [5.41, 5.74) is -4.48. The number of alkyl halides is 6. The largest absolute Gasteiger partial charge is 0.497 e. The molecule has 1 fully saturated rings. The molecule has 25 heavy (non-hydrogen) atoms. The lowest BCUT2D eigenvalue weighted by Gasteiger charge is -2.46. The van der Waals surface area contributed by atoms with Gasteiger partial charge in [0, 0.05) is 11.5 Å². The number of methoxy groups -OCH3 is 1. The van der Waals surface area contributed by atoms with E-state index >= 15 is 0 Å². The van der Waals surface area contributed by atoms with Crippen LogP contribution in [-0.4, -0.2) is 41.9 Å². The molecule has 1 amide bonds. The van der Waals surface area contributed by atoms with Crippen LogP contribution in [0.25, 0.3) is 0 Å². The summed E-state index contributed by atoms with van der Waals surface area (Å²) in [5.74, 6) is -2.83. The van der Waals surface area contributed by atoms with Crippen molar-refractivity contribution in [3.63, 3.8) is 0 Å². The molecule has 0 aromatic heterocycles. The van der Waals surface area contributed by atoms with Crippen molar-refractivity contribution < 1.29 is 35.9 Å². The van der Waals surface area contributed by atoms with E-state index < -0.39 is 42.2 Å². The third-order valence-electron chi connectivity index (χ3n) is 4.73. The van der Waals surface area contributed by atoms with Gasteiger partial charge in [0.05, 0.1) is 13.2 Å². The van der Waals surface area contributed by atoms with Crippen molar-refractivity contribution in [1.29, 1.82) is 0 Å². The van der Waals surface area contributed by atoms with Gasteiger partial charge in [0.25, 0.3) is 5.91 Å². The van der Waals surface area contributed by atoms with Crippen LogP contribution in [0.15, 0.2) is 36.4 Å². The molecule has 1 aromatic rings. The number of benzene rings is 1. The van der Waals surface area contributed by atoms with Gasteiger partial charge in [0.15, 0.2) is 0 Å². The quantitative estimate of drug-likeness (QED) is 0.587. The zero-order valence-corrected chi connectivity index (χ0v) is 12.9. The number of hydrogen-bond acceptors (Lipinski definition) is 2. The molecule has 3 nitrogen and oxygen atoms in total. The van der Waals surface area contributed by atoms with Gasteiger partial charge >= 0.3 is 12.4 Å². The van der Waals surface area contributed by atoms with Gasteiger partial charge in [-0.2, -0.15) is 26.3 Å². The summed E-state index contributed by atoms with van der Waals surface area (Å²) in [4.78, 5) is 12.5. The lowest BCUT2D eigenvalue weighted by atomic mass is 9.83. The normalized spacial score (nSPS) is 24.7. The number of rotatable bonds is 2. The molecule has 1 aliphatic heterocycles. The van der Waals surface area contributed by atoms with Gasteiger partial charge in [-0.1, -0.05) is 12.2 Å². The van der Waals surface area contributed by atoms with Crippen molar-refractivity contribution in [2.75, 3.05) is 7.11 Å². The first-order chi connectivity index (χ1) is 11.5.